The number of aromatic nitrogens is 4. The van der Waals surface area contributed by atoms with Gasteiger partial charge >= 0.3 is 121 Å². The molecule has 0 aromatic carbocycles. The van der Waals surface area contributed by atoms with Gasteiger partial charge in [-0.25, -0.2) is 0 Å². The van der Waals surface area contributed by atoms with Crippen molar-refractivity contribution < 1.29 is 0 Å². The molecule has 7 heteroatoms. The van der Waals surface area contributed by atoms with Gasteiger partial charge in [-0.1, -0.05) is 0 Å². The zero-order valence-electron chi connectivity index (χ0n) is 11.0. The molecule has 0 N–H and O–H groups in total. The third-order valence-electron chi connectivity index (χ3n) is 3.61. The van der Waals surface area contributed by atoms with Gasteiger partial charge < -0.3 is 0 Å². The monoisotopic (exact) mass is 332 g/mol. The average Bonchev–Trinajstić information content (AvgIpc) is 3.13. The van der Waals surface area contributed by atoms with E-state index in [-0.39, 0.29) is 14.5 Å². The summed E-state index contributed by atoms with van der Waals surface area (Å²) in [7, 11) is 0. The van der Waals surface area contributed by atoms with Crippen molar-refractivity contribution >= 4 is 34.5 Å². The zero-order chi connectivity index (χ0) is 13.7. The SMILES string of the molecule is Cc1nc2c3[se]c(N4CCCC4)c(C#N)c3ncn2n1. The number of nitriles is 1. The van der Waals surface area contributed by atoms with E-state index in [1.807, 2.05) is 6.92 Å². The van der Waals surface area contributed by atoms with Gasteiger partial charge in [-0.2, -0.15) is 0 Å². The normalized spacial score (nSPS) is 15.3. The molecule has 100 valence electrons. The van der Waals surface area contributed by atoms with Gasteiger partial charge in [-0.15, -0.1) is 0 Å². The molecular weight excluding hydrogens is 319 g/mol. The van der Waals surface area contributed by atoms with E-state index in [4.69, 9.17) is 0 Å². The van der Waals surface area contributed by atoms with Crippen molar-refractivity contribution in [2.45, 2.75) is 19.8 Å². The van der Waals surface area contributed by atoms with Crippen LogP contribution in [0.4, 0.5) is 4.56 Å². The molecule has 0 radical (unpaired) electrons. The van der Waals surface area contributed by atoms with E-state index in [1.54, 1.807) is 10.8 Å². The van der Waals surface area contributed by atoms with E-state index < -0.39 is 0 Å². The molecule has 4 rings (SSSR count). The number of hydrogen-bond acceptors (Lipinski definition) is 5. The quantitative estimate of drug-likeness (QED) is 0.625. The zero-order valence-corrected chi connectivity index (χ0v) is 12.7. The molecule has 4 heterocycles. The average molecular weight is 331 g/mol. The topological polar surface area (TPSA) is 70.1 Å². The fourth-order valence-corrected chi connectivity index (χ4v) is 5.29. The number of aryl methyl sites for hydroxylation is 1. The van der Waals surface area contributed by atoms with Crippen molar-refractivity contribution in [3.05, 3.63) is 17.7 Å². The molecule has 0 spiro atoms. The molecule has 0 aliphatic carbocycles. The van der Waals surface area contributed by atoms with Crippen molar-refractivity contribution in [1.82, 2.24) is 19.6 Å². The molecule has 6 nitrogen and oxygen atoms in total. The van der Waals surface area contributed by atoms with Crippen LogP contribution in [0.5, 0.6) is 0 Å². The van der Waals surface area contributed by atoms with Gasteiger partial charge in [0.25, 0.3) is 0 Å². The van der Waals surface area contributed by atoms with Crippen molar-refractivity contribution in [2.24, 2.45) is 0 Å². The van der Waals surface area contributed by atoms with Gasteiger partial charge in [0.05, 0.1) is 0 Å². The number of hydrogen-bond donors (Lipinski definition) is 0. The molecule has 0 bridgehead atoms. The van der Waals surface area contributed by atoms with Gasteiger partial charge in [-0.05, 0) is 0 Å². The predicted octanol–water partition coefficient (Wildman–Crippen LogP) is 1.11. The fraction of sp³-hybridized carbons (Fsp3) is 0.385. The van der Waals surface area contributed by atoms with Crippen LogP contribution in [-0.4, -0.2) is 47.2 Å². The molecule has 0 amide bonds. The molecule has 0 atom stereocenters. The summed E-state index contributed by atoms with van der Waals surface area (Å²) in [5.41, 5.74) is 2.41. The second kappa shape index (κ2) is 4.30. The molecular formula is C13H12N6Se. The maximum atomic E-state index is 9.51. The van der Waals surface area contributed by atoms with Crippen LogP contribution in [0.15, 0.2) is 6.33 Å². The standard InChI is InChI=1S/C13H12N6Se/c1-8-16-12-11-10(15-7-19(12)17-8)9(6-14)13(20-11)18-4-2-3-5-18/h7H,2-5H2,1H3. The van der Waals surface area contributed by atoms with Gasteiger partial charge in [-0.3, -0.25) is 0 Å². The first-order chi connectivity index (χ1) is 9.78. The van der Waals surface area contributed by atoms with Crippen LogP contribution in [0.3, 0.4) is 0 Å². The molecule has 1 aliphatic heterocycles. The van der Waals surface area contributed by atoms with E-state index in [0.29, 0.717) is 0 Å². The summed E-state index contributed by atoms with van der Waals surface area (Å²) < 4.78 is 3.99. The van der Waals surface area contributed by atoms with Gasteiger partial charge in [0.1, 0.15) is 0 Å². The minimum absolute atomic E-state index is 0.0969. The molecule has 0 saturated carbocycles. The molecule has 1 saturated heterocycles. The van der Waals surface area contributed by atoms with E-state index in [2.05, 4.69) is 26.0 Å². The number of rotatable bonds is 1. The number of anilines is 1. The van der Waals surface area contributed by atoms with Gasteiger partial charge in [0.2, 0.25) is 0 Å². The molecule has 20 heavy (non-hydrogen) atoms. The first-order valence-corrected chi connectivity index (χ1v) is 8.29. The first kappa shape index (κ1) is 11.9. The summed E-state index contributed by atoms with van der Waals surface area (Å²) in [6.07, 6.45) is 4.08. The summed E-state index contributed by atoms with van der Waals surface area (Å²) in [6.45, 7) is 3.98. The number of fused-ring (bicyclic) bond motifs is 3. The Morgan fingerprint density at radius 1 is 1.35 bits per heavy atom. The second-order valence-electron chi connectivity index (χ2n) is 4.94. The summed E-state index contributed by atoms with van der Waals surface area (Å²) in [6, 6.07) is 2.35. The first-order valence-electron chi connectivity index (χ1n) is 6.57. The van der Waals surface area contributed by atoms with Crippen LogP contribution in [0.1, 0.15) is 24.2 Å². The van der Waals surface area contributed by atoms with E-state index >= 15 is 0 Å². The third-order valence-corrected chi connectivity index (χ3v) is 6.20. The Bertz CT molecular complexity index is 849. The number of nitrogens with zero attached hydrogens (tertiary/aromatic N) is 6. The van der Waals surface area contributed by atoms with Crippen molar-refractivity contribution in [3.63, 3.8) is 0 Å². The Balaban J connectivity index is 2.05. The fourth-order valence-electron chi connectivity index (χ4n) is 2.71. The van der Waals surface area contributed by atoms with E-state index in [9.17, 15) is 5.26 Å². The molecule has 1 aliphatic rings. The van der Waals surface area contributed by atoms with Crippen molar-refractivity contribution in [2.75, 3.05) is 18.0 Å². The Labute approximate surface area is 121 Å². The van der Waals surface area contributed by atoms with Crippen LogP contribution >= 0.6 is 0 Å². The third kappa shape index (κ3) is 1.59. The van der Waals surface area contributed by atoms with Crippen LogP contribution in [0.2, 0.25) is 0 Å². The maximum absolute atomic E-state index is 9.51. The Hall–Kier alpha value is -1.90. The summed E-state index contributed by atoms with van der Waals surface area (Å²) in [5.74, 6) is 0.740. The molecule has 1 fully saturated rings. The Morgan fingerprint density at radius 2 is 2.15 bits per heavy atom. The van der Waals surface area contributed by atoms with Crippen LogP contribution in [0.25, 0.3) is 15.4 Å². The molecule has 3 aromatic rings. The van der Waals surface area contributed by atoms with E-state index in [0.717, 1.165) is 39.9 Å². The molecule has 0 unspecified atom stereocenters. The van der Waals surface area contributed by atoms with Crippen LogP contribution in [-0.2, 0) is 0 Å². The second-order valence-corrected chi connectivity index (χ2v) is 7.03. The van der Waals surface area contributed by atoms with Crippen molar-refractivity contribution in [3.8, 4) is 6.07 Å². The Kier molecular flexibility index (Phi) is 2.56. The van der Waals surface area contributed by atoms with Crippen LogP contribution in [0, 0.1) is 18.3 Å². The summed E-state index contributed by atoms with van der Waals surface area (Å²) in [5, 5.41) is 13.8. The van der Waals surface area contributed by atoms with Crippen molar-refractivity contribution in [1.29, 1.82) is 5.26 Å². The van der Waals surface area contributed by atoms with E-state index in [1.165, 1.54) is 17.4 Å². The predicted molar refractivity (Wildman–Crippen MR) is 76.1 cm³/mol. The Morgan fingerprint density at radius 3 is 2.90 bits per heavy atom. The summed E-state index contributed by atoms with van der Waals surface area (Å²) >= 11 is 0.0969. The van der Waals surface area contributed by atoms with Gasteiger partial charge in [0, 0.05) is 0 Å². The van der Waals surface area contributed by atoms with Gasteiger partial charge in [0.15, 0.2) is 0 Å². The minimum atomic E-state index is 0.0969. The summed E-state index contributed by atoms with van der Waals surface area (Å²) in [4.78, 5) is 11.3. The van der Waals surface area contributed by atoms with Crippen LogP contribution < -0.4 is 4.90 Å². The molecule has 3 aromatic heterocycles.